The van der Waals surface area contributed by atoms with Crippen molar-refractivity contribution in [1.29, 1.82) is 0 Å². The molecule has 0 bridgehead atoms. The molecule has 1 amide bonds. The molecule has 9 heteroatoms. The Morgan fingerprint density at radius 3 is 2.43 bits per heavy atom. The smallest absolute Gasteiger partial charge is 0.239 e. The van der Waals surface area contributed by atoms with Crippen molar-refractivity contribution >= 4 is 35.8 Å². The Kier molecular flexibility index (Phi) is 15.4. The molecule has 0 aliphatic carbocycles. The summed E-state index contributed by atoms with van der Waals surface area (Å²) in [5.74, 6) is 1.32. The number of hydrogen-bond acceptors (Lipinski definition) is 5. The predicted molar refractivity (Wildman–Crippen MR) is 124 cm³/mol. The minimum absolute atomic E-state index is 0. The third kappa shape index (κ3) is 12.0. The fraction of sp³-hybridized carbons (Fsp3) is 0.579. The topological polar surface area (TPSA) is 87.2 Å². The number of carbonyl (C=O) groups excluding carboxylic acids is 1. The van der Waals surface area contributed by atoms with Crippen LogP contribution >= 0.6 is 24.0 Å². The number of likely N-dealkylation sites (N-methyl/N-ethyl adjacent to an activating group) is 1. The maximum absolute atomic E-state index is 12.0. The molecule has 0 atom stereocenters. The van der Waals surface area contributed by atoms with Crippen LogP contribution in [-0.2, 0) is 16.1 Å². The lowest BCUT2D eigenvalue weighted by Crippen LogP contribution is -2.45. The second-order valence-electron chi connectivity index (χ2n) is 6.13. The van der Waals surface area contributed by atoms with Crippen molar-refractivity contribution in [2.75, 3.05) is 61.1 Å². The summed E-state index contributed by atoms with van der Waals surface area (Å²) in [6.07, 6.45) is 1.01. The van der Waals surface area contributed by atoms with Crippen LogP contribution in [0.1, 0.15) is 12.0 Å². The van der Waals surface area contributed by atoms with Gasteiger partial charge in [-0.15, -0.1) is 24.0 Å². The first-order valence-corrected chi connectivity index (χ1v) is 9.10. The lowest BCUT2D eigenvalue weighted by atomic mass is 10.2. The highest BCUT2D eigenvalue weighted by Crippen LogP contribution is 2.10. The second-order valence-corrected chi connectivity index (χ2v) is 6.13. The van der Waals surface area contributed by atoms with E-state index in [1.54, 1.807) is 21.3 Å². The molecule has 0 aliphatic heterocycles. The summed E-state index contributed by atoms with van der Waals surface area (Å²) in [6.45, 7) is 4.02. The zero-order chi connectivity index (χ0) is 19.9. The van der Waals surface area contributed by atoms with Crippen molar-refractivity contribution in [1.82, 2.24) is 20.9 Å². The highest BCUT2D eigenvalue weighted by atomic mass is 127. The molecular weight excluding hydrogens is 473 g/mol. The van der Waals surface area contributed by atoms with Crippen LogP contribution in [0, 0.1) is 0 Å². The van der Waals surface area contributed by atoms with Gasteiger partial charge in [-0.05, 0) is 31.2 Å². The predicted octanol–water partition coefficient (Wildman–Crippen LogP) is 1.06. The highest BCUT2D eigenvalue weighted by Gasteiger charge is 2.04. The van der Waals surface area contributed by atoms with Crippen LogP contribution in [0.2, 0.25) is 0 Å². The maximum Gasteiger partial charge on any atom is 0.239 e. The number of hydrogen-bond donors (Lipinski definition) is 3. The molecule has 0 aromatic heterocycles. The summed E-state index contributed by atoms with van der Waals surface area (Å²) in [4.78, 5) is 18.3. The van der Waals surface area contributed by atoms with Crippen LogP contribution in [0.5, 0.6) is 5.75 Å². The van der Waals surface area contributed by atoms with E-state index in [1.165, 1.54) is 0 Å². The standard InChI is InChI=1S/C19H33N5O3.HI/c1-20-19(21-10-12-24(2)11-5-13-26-3)23-15-18(25)22-14-16-6-8-17(27-4)9-7-16;/h6-9H,5,10-15H2,1-4H3,(H,22,25)(H2,20,21,23);1H. The molecule has 1 aromatic carbocycles. The first kappa shape index (κ1) is 26.4. The molecule has 0 radical (unpaired) electrons. The van der Waals surface area contributed by atoms with Gasteiger partial charge in [0.15, 0.2) is 5.96 Å². The number of aliphatic imine (C=N–C) groups is 1. The first-order valence-electron chi connectivity index (χ1n) is 9.10. The maximum atomic E-state index is 12.0. The van der Waals surface area contributed by atoms with Crippen LogP contribution in [0.3, 0.4) is 0 Å². The Bertz CT molecular complexity index is 569. The van der Waals surface area contributed by atoms with E-state index in [0.29, 0.717) is 12.5 Å². The van der Waals surface area contributed by atoms with Gasteiger partial charge in [-0.2, -0.15) is 0 Å². The van der Waals surface area contributed by atoms with Crippen molar-refractivity contribution in [2.24, 2.45) is 4.99 Å². The van der Waals surface area contributed by atoms with Gasteiger partial charge in [-0.3, -0.25) is 9.79 Å². The summed E-state index contributed by atoms with van der Waals surface area (Å²) in [5, 5.41) is 9.10. The molecule has 0 fully saturated rings. The zero-order valence-electron chi connectivity index (χ0n) is 17.3. The molecule has 8 nitrogen and oxygen atoms in total. The second kappa shape index (κ2) is 16.4. The molecule has 0 aliphatic rings. The van der Waals surface area contributed by atoms with E-state index >= 15 is 0 Å². The summed E-state index contributed by atoms with van der Waals surface area (Å²) in [5.41, 5.74) is 1.02. The summed E-state index contributed by atoms with van der Waals surface area (Å²) in [6, 6.07) is 7.60. The molecule has 3 N–H and O–H groups in total. The summed E-state index contributed by atoms with van der Waals surface area (Å²) >= 11 is 0. The molecule has 1 aromatic rings. The van der Waals surface area contributed by atoms with Gasteiger partial charge in [-0.25, -0.2) is 0 Å². The average molecular weight is 507 g/mol. The molecule has 0 spiro atoms. The van der Waals surface area contributed by atoms with Gasteiger partial charge in [0.25, 0.3) is 0 Å². The number of methoxy groups -OCH3 is 2. The monoisotopic (exact) mass is 507 g/mol. The van der Waals surface area contributed by atoms with Crippen molar-refractivity contribution in [3.63, 3.8) is 0 Å². The normalized spacial score (nSPS) is 11.0. The SMILES string of the molecule is CN=C(NCCN(C)CCCOC)NCC(=O)NCc1ccc(OC)cc1.I. The summed E-state index contributed by atoms with van der Waals surface area (Å²) < 4.78 is 10.2. The van der Waals surface area contributed by atoms with Crippen molar-refractivity contribution in [3.05, 3.63) is 29.8 Å². The first-order chi connectivity index (χ1) is 13.1. The molecule has 1 rings (SSSR count). The van der Waals surface area contributed by atoms with Crippen LogP contribution < -0.4 is 20.7 Å². The number of nitrogens with zero attached hydrogens (tertiary/aromatic N) is 2. The van der Waals surface area contributed by atoms with Crippen LogP contribution in [0.4, 0.5) is 0 Å². The van der Waals surface area contributed by atoms with Gasteiger partial charge in [0.05, 0.1) is 13.7 Å². The Balaban J connectivity index is 0.00000729. The van der Waals surface area contributed by atoms with Gasteiger partial charge in [0.1, 0.15) is 5.75 Å². The molecule has 0 saturated carbocycles. The van der Waals surface area contributed by atoms with Crippen LogP contribution in [-0.4, -0.2) is 77.9 Å². The Morgan fingerprint density at radius 1 is 1.11 bits per heavy atom. The van der Waals surface area contributed by atoms with Gasteiger partial charge in [0.2, 0.25) is 5.91 Å². The van der Waals surface area contributed by atoms with Gasteiger partial charge < -0.3 is 30.3 Å². The minimum Gasteiger partial charge on any atom is -0.497 e. The molecular formula is C19H34IN5O3. The number of halogens is 1. The van der Waals surface area contributed by atoms with E-state index in [2.05, 4.69) is 32.9 Å². The Hall–Kier alpha value is -1.59. The summed E-state index contributed by atoms with van der Waals surface area (Å²) in [7, 11) is 7.10. The lowest BCUT2D eigenvalue weighted by Gasteiger charge is -2.18. The Labute approximate surface area is 185 Å². The fourth-order valence-corrected chi connectivity index (χ4v) is 2.35. The van der Waals surface area contributed by atoms with Crippen molar-refractivity contribution < 1.29 is 14.3 Å². The largest absolute Gasteiger partial charge is 0.497 e. The third-order valence-electron chi connectivity index (χ3n) is 3.96. The van der Waals surface area contributed by atoms with E-state index in [9.17, 15) is 4.79 Å². The number of rotatable bonds is 12. The number of ether oxygens (including phenoxy) is 2. The molecule has 0 saturated heterocycles. The third-order valence-corrected chi connectivity index (χ3v) is 3.96. The lowest BCUT2D eigenvalue weighted by molar-refractivity contribution is -0.120. The minimum atomic E-state index is -0.0922. The van der Waals surface area contributed by atoms with E-state index in [4.69, 9.17) is 9.47 Å². The number of carbonyl (C=O) groups is 1. The molecule has 0 unspecified atom stereocenters. The average Bonchev–Trinajstić information content (AvgIpc) is 2.69. The number of amides is 1. The van der Waals surface area contributed by atoms with E-state index < -0.39 is 0 Å². The number of benzene rings is 1. The van der Waals surface area contributed by atoms with E-state index in [1.807, 2.05) is 24.3 Å². The van der Waals surface area contributed by atoms with E-state index in [0.717, 1.165) is 44.0 Å². The fourth-order valence-electron chi connectivity index (χ4n) is 2.35. The number of nitrogens with one attached hydrogen (secondary N) is 3. The van der Waals surface area contributed by atoms with Crippen molar-refractivity contribution in [3.8, 4) is 5.75 Å². The quantitative estimate of drug-likeness (QED) is 0.170. The molecule has 160 valence electrons. The zero-order valence-corrected chi connectivity index (χ0v) is 19.6. The Morgan fingerprint density at radius 2 is 1.82 bits per heavy atom. The van der Waals surface area contributed by atoms with Gasteiger partial charge >= 0.3 is 0 Å². The van der Waals surface area contributed by atoms with Crippen LogP contribution in [0.25, 0.3) is 0 Å². The number of guanidine groups is 1. The van der Waals surface area contributed by atoms with E-state index in [-0.39, 0.29) is 36.4 Å². The van der Waals surface area contributed by atoms with Crippen molar-refractivity contribution in [2.45, 2.75) is 13.0 Å². The highest BCUT2D eigenvalue weighted by molar-refractivity contribution is 14.0. The van der Waals surface area contributed by atoms with Gasteiger partial charge in [-0.1, -0.05) is 12.1 Å². The molecule has 0 heterocycles. The van der Waals surface area contributed by atoms with Gasteiger partial charge in [0, 0.05) is 46.9 Å². The van der Waals surface area contributed by atoms with Crippen LogP contribution in [0.15, 0.2) is 29.3 Å². The molecule has 28 heavy (non-hydrogen) atoms.